The molecule has 0 radical (unpaired) electrons. The summed E-state index contributed by atoms with van der Waals surface area (Å²) in [5.74, 6) is 0.611. The number of hydrogen-bond donors (Lipinski definition) is 0. The highest BCUT2D eigenvalue weighted by molar-refractivity contribution is 6.06. The van der Waals surface area contributed by atoms with Crippen molar-refractivity contribution in [2.24, 2.45) is 5.92 Å². The van der Waals surface area contributed by atoms with Gasteiger partial charge in [-0.15, -0.1) is 0 Å². The Bertz CT molecular complexity index is 3210. The van der Waals surface area contributed by atoms with Gasteiger partial charge < -0.3 is 4.90 Å². The lowest BCUT2D eigenvalue weighted by molar-refractivity contribution is 0.394. The van der Waals surface area contributed by atoms with E-state index in [4.69, 9.17) is 0 Å². The molecule has 300 valence electrons. The van der Waals surface area contributed by atoms with Crippen LogP contribution in [0.5, 0.6) is 0 Å². The van der Waals surface area contributed by atoms with Crippen LogP contribution in [0.25, 0.3) is 44.2 Å². The maximum absolute atomic E-state index is 2.61. The van der Waals surface area contributed by atoms with Crippen LogP contribution in [0.3, 0.4) is 0 Å². The minimum Gasteiger partial charge on any atom is -0.310 e. The Labute approximate surface area is 371 Å². The first-order valence-corrected chi connectivity index (χ1v) is 22.3. The van der Waals surface area contributed by atoms with Crippen molar-refractivity contribution in [3.8, 4) is 33.4 Å². The Kier molecular flexibility index (Phi) is 8.63. The molecular weight excluding hydrogens is 759 g/mol. The lowest BCUT2D eigenvalue weighted by Crippen LogP contribution is -2.28. The van der Waals surface area contributed by atoms with E-state index >= 15 is 0 Å². The van der Waals surface area contributed by atoms with E-state index in [2.05, 4.69) is 255 Å². The Balaban J connectivity index is 1.17. The lowest BCUT2D eigenvalue weighted by atomic mass is 9.67. The van der Waals surface area contributed by atoms with E-state index in [1.807, 2.05) is 0 Å². The fourth-order valence-electron chi connectivity index (χ4n) is 11.6. The van der Waals surface area contributed by atoms with Gasteiger partial charge in [0.15, 0.2) is 0 Å². The molecule has 0 saturated heterocycles. The van der Waals surface area contributed by atoms with Crippen molar-refractivity contribution >= 4 is 27.8 Å². The van der Waals surface area contributed by atoms with Crippen molar-refractivity contribution in [2.75, 3.05) is 4.90 Å². The number of nitrogens with zero attached hydrogens (tertiary/aromatic N) is 1. The van der Waals surface area contributed by atoms with Crippen LogP contribution in [0.1, 0.15) is 53.1 Å². The van der Waals surface area contributed by atoms with Crippen molar-refractivity contribution in [3.05, 3.63) is 270 Å². The SMILES string of the molecule is CC1(C)c2cccc(N(c3ccc4c(c3)C(c3ccccc3)(c3ccccc3)c3ccccc3-4)c3ccc4ccccc4c3-c3ccc(-c4ccccc4)cc3)c2C2C=CC=CC21. The molecular formula is C62H47N. The summed E-state index contributed by atoms with van der Waals surface area (Å²) in [5, 5.41) is 2.45. The van der Waals surface area contributed by atoms with E-state index in [1.165, 1.54) is 83.2 Å². The van der Waals surface area contributed by atoms with Crippen molar-refractivity contribution in [1.29, 1.82) is 0 Å². The lowest BCUT2D eigenvalue weighted by Gasteiger charge is -2.36. The molecule has 2 unspecified atom stereocenters. The Hall–Kier alpha value is -7.48. The van der Waals surface area contributed by atoms with Gasteiger partial charge in [-0.1, -0.05) is 226 Å². The van der Waals surface area contributed by atoms with Gasteiger partial charge in [0.25, 0.3) is 0 Å². The van der Waals surface area contributed by atoms with Gasteiger partial charge in [-0.2, -0.15) is 0 Å². The van der Waals surface area contributed by atoms with E-state index < -0.39 is 5.41 Å². The maximum atomic E-state index is 2.61. The second-order valence-corrected chi connectivity index (χ2v) is 18.0. The van der Waals surface area contributed by atoms with Gasteiger partial charge in [0.2, 0.25) is 0 Å². The summed E-state index contributed by atoms with van der Waals surface area (Å²) in [6.45, 7) is 4.87. The molecule has 2 atom stereocenters. The fourth-order valence-corrected chi connectivity index (χ4v) is 11.6. The Morgan fingerprint density at radius 3 is 1.79 bits per heavy atom. The van der Waals surface area contributed by atoms with Crippen LogP contribution in [0.15, 0.2) is 237 Å². The molecule has 0 bridgehead atoms. The van der Waals surface area contributed by atoms with Crippen molar-refractivity contribution < 1.29 is 0 Å². The third-order valence-electron chi connectivity index (χ3n) is 14.4. The average molecular weight is 806 g/mol. The number of fused-ring (bicyclic) bond motifs is 7. The molecule has 1 nitrogen and oxygen atoms in total. The number of anilines is 3. The van der Waals surface area contributed by atoms with Gasteiger partial charge in [-0.05, 0) is 108 Å². The van der Waals surface area contributed by atoms with Gasteiger partial charge >= 0.3 is 0 Å². The van der Waals surface area contributed by atoms with Gasteiger partial charge in [0.1, 0.15) is 0 Å². The molecule has 12 rings (SSSR count). The summed E-state index contributed by atoms with van der Waals surface area (Å²) in [4.78, 5) is 2.61. The molecule has 0 fully saturated rings. The van der Waals surface area contributed by atoms with Gasteiger partial charge in [-0.25, -0.2) is 0 Å². The quantitative estimate of drug-likeness (QED) is 0.155. The molecule has 0 aliphatic heterocycles. The number of benzene rings is 9. The highest BCUT2D eigenvalue weighted by Gasteiger charge is 2.48. The zero-order valence-corrected chi connectivity index (χ0v) is 35.6. The first-order valence-electron chi connectivity index (χ1n) is 22.3. The molecule has 0 saturated carbocycles. The molecule has 0 N–H and O–H groups in total. The molecule has 0 aromatic heterocycles. The summed E-state index contributed by atoms with van der Waals surface area (Å²) in [6.07, 6.45) is 9.38. The van der Waals surface area contributed by atoms with Crippen molar-refractivity contribution in [1.82, 2.24) is 0 Å². The first kappa shape index (κ1) is 37.3. The second kappa shape index (κ2) is 14.6. The molecule has 9 aromatic carbocycles. The monoisotopic (exact) mass is 805 g/mol. The van der Waals surface area contributed by atoms with Gasteiger partial charge in [0.05, 0.1) is 16.8 Å². The predicted molar refractivity (Wildman–Crippen MR) is 264 cm³/mol. The van der Waals surface area contributed by atoms with Crippen LogP contribution in [0, 0.1) is 5.92 Å². The van der Waals surface area contributed by atoms with E-state index in [-0.39, 0.29) is 11.3 Å². The number of allylic oxidation sites excluding steroid dienone is 4. The van der Waals surface area contributed by atoms with Gasteiger partial charge in [0, 0.05) is 17.2 Å². The zero-order chi connectivity index (χ0) is 42.1. The van der Waals surface area contributed by atoms with Crippen LogP contribution in [0.2, 0.25) is 0 Å². The third kappa shape index (κ3) is 5.62. The van der Waals surface area contributed by atoms with Crippen LogP contribution >= 0.6 is 0 Å². The highest BCUT2D eigenvalue weighted by atomic mass is 15.1. The van der Waals surface area contributed by atoms with Crippen LogP contribution in [0.4, 0.5) is 17.1 Å². The van der Waals surface area contributed by atoms with Crippen molar-refractivity contribution in [2.45, 2.75) is 30.6 Å². The standard InChI is InChI=1S/C62H47N/c1-61(2)53-29-16-15-28-52(53)60-55(61)31-18-32-57(60)63(58-40-37-44-21-12-13-26-49(44)59(58)45-35-33-43(34-36-45)42-19-6-3-7-20-42)48-38-39-51-50-27-14-17-30-54(50)62(56(51)41-48,46-22-8-4-9-23-46)47-24-10-5-11-25-47/h3-41,52-53H,1-2H3. The molecule has 3 aliphatic rings. The van der Waals surface area contributed by atoms with Crippen LogP contribution in [-0.4, -0.2) is 0 Å². The molecule has 1 heteroatoms. The van der Waals surface area contributed by atoms with Crippen LogP contribution < -0.4 is 4.90 Å². The molecule has 9 aromatic rings. The molecule has 0 spiro atoms. The minimum atomic E-state index is -0.530. The normalized spacial score (nSPS) is 17.2. The largest absolute Gasteiger partial charge is 0.310 e. The molecule has 63 heavy (non-hydrogen) atoms. The average Bonchev–Trinajstić information content (AvgIpc) is 3.78. The predicted octanol–water partition coefficient (Wildman–Crippen LogP) is 16.1. The third-order valence-corrected chi connectivity index (χ3v) is 14.4. The van der Waals surface area contributed by atoms with Crippen molar-refractivity contribution in [3.63, 3.8) is 0 Å². The number of hydrogen-bond acceptors (Lipinski definition) is 1. The van der Waals surface area contributed by atoms with E-state index in [1.54, 1.807) is 0 Å². The smallest absolute Gasteiger partial charge is 0.0714 e. The summed E-state index contributed by atoms with van der Waals surface area (Å²) in [6, 6.07) is 79.3. The first-order chi connectivity index (χ1) is 31.0. The van der Waals surface area contributed by atoms with E-state index in [0.29, 0.717) is 5.92 Å². The molecule has 3 aliphatic carbocycles. The summed E-state index contributed by atoms with van der Waals surface area (Å²) in [5.41, 5.74) is 18.3. The second-order valence-electron chi connectivity index (χ2n) is 18.0. The van der Waals surface area contributed by atoms with Gasteiger partial charge in [-0.3, -0.25) is 0 Å². The Morgan fingerprint density at radius 1 is 0.429 bits per heavy atom. The Morgan fingerprint density at radius 2 is 1.03 bits per heavy atom. The topological polar surface area (TPSA) is 3.24 Å². The number of rotatable bonds is 7. The summed E-state index contributed by atoms with van der Waals surface area (Å²) < 4.78 is 0. The van der Waals surface area contributed by atoms with E-state index in [0.717, 1.165) is 11.4 Å². The maximum Gasteiger partial charge on any atom is 0.0714 e. The molecule has 0 heterocycles. The van der Waals surface area contributed by atoms with E-state index in [9.17, 15) is 0 Å². The zero-order valence-electron chi connectivity index (χ0n) is 35.6. The highest BCUT2D eigenvalue weighted by Crippen LogP contribution is 2.60. The van der Waals surface area contributed by atoms with Crippen LogP contribution in [-0.2, 0) is 10.8 Å². The summed E-state index contributed by atoms with van der Waals surface area (Å²) in [7, 11) is 0. The summed E-state index contributed by atoms with van der Waals surface area (Å²) >= 11 is 0. The molecule has 0 amide bonds. The fraction of sp³-hybridized carbons (Fsp3) is 0.0968. The minimum absolute atomic E-state index is 0.0439.